The SMILES string of the molecule is CC(C)CC[C@@H]1C[C@@H](CS)O[C@H]1n1ccc(=O)[nH]c1=O. The Morgan fingerprint density at radius 1 is 1.50 bits per heavy atom. The fourth-order valence-corrected chi connectivity index (χ4v) is 2.90. The van der Waals surface area contributed by atoms with E-state index in [1.54, 1.807) is 0 Å². The van der Waals surface area contributed by atoms with Crippen molar-refractivity contribution in [2.75, 3.05) is 5.75 Å². The van der Waals surface area contributed by atoms with Gasteiger partial charge < -0.3 is 4.74 Å². The second kappa shape index (κ2) is 6.63. The van der Waals surface area contributed by atoms with Crippen molar-refractivity contribution in [3.05, 3.63) is 33.1 Å². The molecule has 1 aromatic heterocycles. The third-order valence-corrected chi connectivity index (χ3v) is 4.15. The first-order valence-corrected chi connectivity index (χ1v) is 7.72. The molecule has 3 atom stereocenters. The smallest absolute Gasteiger partial charge is 0.330 e. The van der Waals surface area contributed by atoms with Gasteiger partial charge in [-0.2, -0.15) is 12.6 Å². The molecule has 1 fully saturated rings. The third kappa shape index (κ3) is 3.55. The molecule has 0 aliphatic carbocycles. The Morgan fingerprint density at radius 2 is 2.25 bits per heavy atom. The van der Waals surface area contributed by atoms with Crippen molar-refractivity contribution in [1.82, 2.24) is 9.55 Å². The van der Waals surface area contributed by atoms with Crippen molar-refractivity contribution in [3.63, 3.8) is 0 Å². The normalized spacial score (nSPS) is 26.3. The van der Waals surface area contributed by atoms with Crippen LogP contribution in [0.2, 0.25) is 0 Å². The summed E-state index contributed by atoms with van der Waals surface area (Å²) in [5.74, 6) is 1.56. The number of nitrogens with zero attached hydrogens (tertiary/aromatic N) is 1. The van der Waals surface area contributed by atoms with Crippen LogP contribution in [0.25, 0.3) is 0 Å². The fraction of sp³-hybridized carbons (Fsp3) is 0.714. The largest absolute Gasteiger partial charge is 0.353 e. The van der Waals surface area contributed by atoms with Gasteiger partial charge in [0, 0.05) is 23.9 Å². The first-order valence-electron chi connectivity index (χ1n) is 7.09. The average molecular weight is 298 g/mol. The lowest BCUT2D eigenvalue weighted by molar-refractivity contribution is -0.00818. The van der Waals surface area contributed by atoms with Gasteiger partial charge in [0.15, 0.2) is 0 Å². The summed E-state index contributed by atoms with van der Waals surface area (Å²) in [6, 6.07) is 1.36. The summed E-state index contributed by atoms with van der Waals surface area (Å²) in [5.41, 5.74) is -0.786. The summed E-state index contributed by atoms with van der Waals surface area (Å²) in [6.07, 6.45) is 4.32. The predicted octanol–water partition coefficient (Wildman–Crippen LogP) is 1.81. The average Bonchev–Trinajstić information content (AvgIpc) is 2.79. The number of thiol groups is 1. The predicted molar refractivity (Wildman–Crippen MR) is 81.3 cm³/mol. The minimum absolute atomic E-state index is 0.0688. The molecular weight excluding hydrogens is 276 g/mol. The van der Waals surface area contributed by atoms with Crippen LogP contribution in [0.4, 0.5) is 0 Å². The molecule has 1 N–H and O–H groups in total. The van der Waals surface area contributed by atoms with E-state index in [-0.39, 0.29) is 23.8 Å². The molecule has 1 aromatic rings. The Balaban J connectivity index is 2.21. The molecule has 0 radical (unpaired) electrons. The molecule has 2 rings (SSSR count). The molecule has 5 nitrogen and oxygen atoms in total. The van der Waals surface area contributed by atoms with Gasteiger partial charge in [0.2, 0.25) is 0 Å². The molecule has 6 heteroatoms. The summed E-state index contributed by atoms with van der Waals surface area (Å²) in [4.78, 5) is 25.4. The van der Waals surface area contributed by atoms with Gasteiger partial charge in [0.05, 0.1) is 6.10 Å². The minimum Gasteiger partial charge on any atom is -0.353 e. The number of hydrogen-bond acceptors (Lipinski definition) is 4. The van der Waals surface area contributed by atoms with Crippen LogP contribution in [0, 0.1) is 11.8 Å². The number of aromatic nitrogens is 2. The maximum Gasteiger partial charge on any atom is 0.330 e. The van der Waals surface area contributed by atoms with Crippen LogP contribution in [0.1, 0.15) is 39.3 Å². The third-order valence-electron chi connectivity index (χ3n) is 3.74. The highest BCUT2D eigenvalue weighted by Crippen LogP contribution is 2.37. The Labute approximate surface area is 123 Å². The quantitative estimate of drug-likeness (QED) is 0.815. The van der Waals surface area contributed by atoms with Gasteiger partial charge in [-0.05, 0) is 18.8 Å². The van der Waals surface area contributed by atoms with Crippen LogP contribution in [0.3, 0.4) is 0 Å². The monoisotopic (exact) mass is 298 g/mol. The Hall–Kier alpha value is -1.01. The second-order valence-corrected chi connectivity index (χ2v) is 6.18. The molecule has 112 valence electrons. The van der Waals surface area contributed by atoms with Crippen LogP contribution in [-0.4, -0.2) is 21.4 Å². The van der Waals surface area contributed by atoms with Gasteiger partial charge in [-0.1, -0.05) is 20.3 Å². The van der Waals surface area contributed by atoms with E-state index in [0.717, 1.165) is 19.3 Å². The van der Waals surface area contributed by atoms with Gasteiger partial charge in [-0.25, -0.2) is 4.79 Å². The highest BCUT2D eigenvalue weighted by Gasteiger charge is 2.35. The zero-order chi connectivity index (χ0) is 14.7. The molecule has 2 heterocycles. The summed E-state index contributed by atoms with van der Waals surface area (Å²) in [7, 11) is 0. The lowest BCUT2D eigenvalue weighted by Crippen LogP contribution is -2.33. The standard InChI is InChI=1S/C14H22N2O3S/c1-9(2)3-4-10-7-11(8-20)19-13(10)16-6-5-12(17)15-14(16)18/h5-6,9-11,13,20H,3-4,7-8H2,1-2H3,(H,15,17,18)/t10-,11+,13-/m1/s1. The van der Waals surface area contributed by atoms with Crippen molar-refractivity contribution >= 4 is 12.6 Å². The van der Waals surface area contributed by atoms with Gasteiger partial charge in [-0.3, -0.25) is 14.3 Å². The molecule has 1 saturated heterocycles. The van der Waals surface area contributed by atoms with Crippen molar-refractivity contribution in [3.8, 4) is 0 Å². The molecule has 0 saturated carbocycles. The van der Waals surface area contributed by atoms with Crippen LogP contribution in [0.15, 0.2) is 21.9 Å². The highest BCUT2D eigenvalue weighted by molar-refractivity contribution is 7.80. The zero-order valence-electron chi connectivity index (χ0n) is 11.9. The summed E-state index contributed by atoms with van der Waals surface area (Å²) in [5, 5.41) is 0. The summed E-state index contributed by atoms with van der Waals surface area (Å²) in [6.45, 7) is 4.38. The maximum atomic E-state index is 11.9. The maximum absolute atomic E-state index is 11.9. The Bertz CT molecular complexity index is 552. The van der Waals surface area contributed by atoms with E-state index in [0.29, 0.717) is 11.7 Å². The topological polar surface area (TPSA) is 64.1 Å². The molecule has 20 heavy (non-hydrogen) atoms. The molecule has 0 bridgehead atoms. The van der Waals surface area contributed by atoms with Crippen LogP contribution in [-0.2, 0) is 4.74 Å². The first kappa shape index (κ1) is 15.4. The zero-order valence-corrected chi connectivity index (χ0v) is 12.8. The number of nitrogens with one attached hydrogen (secondary N) is 1. The molecule has 0 amide bonds. The molecular formula is C14H22N2O3S. The highest BCUT2D eigenvalue weighted by atomic mass is 32.1. The van der Waals surface area contributed by atoms with Crippen LogP contribution in [0.5, 0.6) is 0 Å². The Kier molecular flexibility index (Phi) is 5.10. The number of hydrogen-bond donors (Lipinski definition) is 2. The van der Waals surface area contributed by atoms with Crippen LogP contribution >= 0.6 is 12.6 Å². The minimum atomic E-state index is -0.406. The van der Waals surface area contributed by atoms with Gasteiger partial charge in [0.1, 0.15) is 6.23 Å². The van der Waals surface area contributed by atoms with Crippen molar-refractivity contribution in [1.29, 1.82) is 0 Å². The van der Waals surface area contributed by atoms with Crippen molar-refractivity contribution in [2.24, 2.45) is 11.8 Å². The fourth-order valence-electron chi connectivity index (χ4n) is 2.66. The summed E-state index contributed by atoms with van der Waals surface area (Å²) < 4.78 is 7.42. The molecule has 0 spiro atoms. The lowest BCUT2D eigenvalue weighted by atomic mass is 9.94. The molecule has 0 unspecified atom stereocenters. The number of rotatable bonds is 5. The van der Waals surface area contributed by atoms with E-state index in [9.17, 15) is 9.59 Å². The van der Waals surface area contributed by atoms with Gasteiger partial charge in [0.25, 0.3) is 5.56 Å². The van der Waals surface area contributed by atoms with Gasteiger partial charge in [-0.15, -0.1) is 0 Å². The van der Waals surface area contributed by atoms with E-state index < -0.39 is 5.69 Å². The van der Waals surface area contributed by atoms with E-state index in [1.807, 2.05) is 0 Å². The summed E-state index contributed by atoms with van der Waals surface area (Å²) >= 11 is 4.29. The first-order chi connectivity index (χ1) is 9.51. The van der Waals surface area contributed by atoms with Crippen molar-refractivity contribution in [2.45, 2.75) is 45.4 Å². The van der Waals surface area contributed by atoms with E-state index in [4.69, 9.17) is 4.74 Å². The van der Waals surface area contributed by atoms with Gasteiger partial charge >= 0.3 is 5.69 Å². The number of H-pyrrole nitrogens is 1. The van der Waals surface area contributed by atoms with E-state index >= 15 is 0 Å². The number of ether oxygens (including phenoxy) is 1. The number of aromatic amines is 1. The molecule has 0 aromatic carbocycles. The Morgan fingerprint density at radius 3 is 2.85 bits per heavy atom. The lowest BCUT2D eigenvalue weighted by Gasteiger charge is -2.21. The molecule has 1 aliphatic heterocycles. The van der Waals surface area contributed by atoms with Crippen molar-refractivity contribution < 1.29 is 4.74 Å². The van der Waals surface area contributed by atoms with E-state index in [1.165, 1.54) is 16.8 Å². The van der Waals surface area contributed by atoms with E-state index in [2.05, 4.69) is 31.5 Å². The molecule has 1 aliphatic rings. The second-order valence-electron chi connectivity index (χ2n) is 5.82. The van der Waals surface area contributed by atoms with Crippen LogP contribution < -0.4 is 11.2 Å².